The van der Waals surface area contributed by atoms with Crippen LogP contribution in [0, 0.1) is 16.0 Å². The molecule has 0 spiro atoms. The number of anilines is 1. The Balaban J connectivity index is 2.35. The lowest BCUT2D eigenvalue weighted by molar-refractivity contribution is -0.383. The molecule has 0 aliphatic carbocycles. The van der Waals surface area contributed by atoms with Gasteiger partial charge in [-0.3, -0.25) is 10.1 Å². The molecule has 1 fully saturated rings. The zero-order chi connectivity index (χ0) is 15.6. The van der Waals surface area contributed by atoms with E-state index in [4.69, 9.17) is 0 Å². The highest BCUT2D eigenvalue weighted by Crippen LogP contribution is 2.38. The van der Waals surface area contributed by atoms with Crippen LogP contribution in [0.3, 0.4) is 0 Å². The van der Waals surface area contributed by atoms with E-state index in [1.807, 2.05) is 13.8 Å². The summed E-state index contributed by atoms with van der Waals surface area (Å²) in [6.07, 6.45) is 1.84. The number of piperidine rings is 1. The van der Waals surface area contributed by atoms with Crippen LogP contribution in [0.4, 0.5) is 10.7 Å². The molecule has 0 aromatic carbocycles. The SMILES string of the molecule is CCNc1sc(S(=O)(=O)N2CCCC(C)C2)cc1[N+](=O)[O-]. The summed E-state index contributed by atoms with van der Waals surface area (Å²) in [7, 11) is -3.64. The monoisotopic (exact) mass is 333 g/mol. The van der Waals surface area contributed by atoms with E-state index in [1.165, 1.54) is 4.31 Å². The summed E-state index contributed by atoms with van der Waals surface area (Å²) in [5.74, 6) is 0.316. The average Bonchev–Trinajstić information content (AvgIpc) is 2.84. The molecule has 0 saturated carbocycles. The fourth-order valence-corrected chi connectivity index (χ4v) is 5.55. The molecule has 2 heterocycles. The second-order valence-corrected chi connectivity index (χ2v) is 8.39. The van der Waals surface area contributed by atoms with Gasteiger partial charge in [-0.25, -0.2) is 8.42 Å². The van der Waals surface area contributed by atoms with Crippen LogP contribution >= 0.6 is 11.3 Å². The molecule has 0 radical (unpaired) electrons. The predicted molar refractivity (Wildman–Crippen MR) is 82.3 cm³/mol. The summed E-state index contributed by atoms with van der Waals surface area (Å²) in [6.45, 7) is 5.29. The maximum Gasteiger partial charge on any atom is 0.304 e. The van der Waals surface area contributed by atoms with Crippen LogP contribution in [0.2, 0.25) is 0 Å². The topological polar surface area (TPSA) is 92.6 Å². The van der Waals surface area contributed by atoms with Gasteiger partial charge in [-0.15, -0.1) is 0 Å². The van der Waals surface area contributed by atoms with Crippen LogP contribution in [-0.2, 0) is 10.0 Å². The lowest BCUT2D eigenvalue weighted by atomic mass is 10.0. The van der Waals surface area contributed by atoms with Gasteiger partial charge in [-0.05, 0) is 25.7 Å². The number of thiophene rings is 1. The van der Waals surface area contributed by atoms with Crippen molar-refractivity contribution in [2.45, 2.75) is 30.9 Å². The zero-order valence-electron chi connectivity index (χ0n) is 12.0. The zero-order valence-corrected chi connectivity index (χ0v) is 13.7. The minimum absolute atomic E-state index is 0.0410. The first-order chi connectivity index (χ1) is 9.86. The molecule has 7 nitrogen and oxygen atoms in total. The fraction of sp³-hybridized carbons (Fsp3) is 0.667. The number of rotatable bonds is 5. The molecule has 1 N–H and O–H groups in total. The highest BCUT2D eigenvalue weighted by molar-refractivity contribution is 7.91. The van der Waals surface area contributed by atoms with Crippen molar-refractivity contribution >= 4 is 32.0 Å². The predicted octanol–water partition coefficient (Wildman–Crippen LogP) is 2.51. The second-order valence-electron chi connectivity index (χ2n) is 5.18. The Morgan fingerprint density at radius 1 is 1.57 bits per heavy atom. The van der Waals surface area contributed by atoms with Crippen molar-refractivity contribution < 1.29 is 13.3 Å². The van der Waals surface area contributed by atoms with Gasteiger partial charge < -0.3 is 5.32 Å². The van der Waals surface area contributed by atoms with Gasteiger partial charge in [0.05, 0.1) is 4.92 Å². The van der Waals surface area contributed by atoms with Crippen molar-refractivity contribution in [1.29, 1.82) is 0 Å². The molecular weight excluding hydrogens is 314 g/mol. The molecular formula is C12H19N3O4S2. The Morgan fingerprint density at radius 2 is 2.29 bits per heavy atom. The molecule has 1 unspecified atom stereocenters. The van der Waals surface area contributed by atoms with Crippen molar-refractivity contribution in [3.05, 3.63) is 16.2 Å². The van der Waals surface area contributed by atoms with E-state index in [-0.39, 0.29) is 9.90 Å². The van der Waals surface area contributed by atoms with Gasteiger partial charge in [-0.1, -0.05) is 18.3 Å². The molecule has 1 atom stereocenters. The molecule has 1 aromatic rings. The van der Waals surface area contributed by atoms with E-state index in [0.717, 1.165) is 30.2 Å². The highest BCUT2D eigenvalue weighted by atomic mass is 32.2. The van der Waals surface area contributed by atoms with Gasteiger partial charge in [0.1, 0.15) is 4.21 Å². The first kappa shape index (κ1) is 16.2. The Bertz CT molecular complexity index is 626. The van der Waals surface area contributed by atoms with Gasteiger partial charge in [0.2, 0.25) is 0 Å². The van der Waals surface area contributed by atoms with Crippen LogP contribution in [-0.4, -0.2) is 37.3 Å². The quantitative estimate of drug-likeness (QED) is 0.660. The number of nitro groups is 1. The summed E-state index contributed by atoms with van der Waals surface area (Å²) >= 11 is 0.932. The molecule has 1 aliphatic rings. The first-order valence-electron chi connectivity index (χ1n) is 6.88. The lowest BCUT2D eigenvalue weighted by Gasteiger charge is -2.29. The molecule has 118 valence electrons. The fourth-order valence-electron chi connectivity index (χ4n) is 2.40. The number of nitrogens with zero attached hydrogens (tertiary/aromatic N) is 2. The molecule has 9 heteroatoms. The van der Waals surface area contributed by atoms with E-state index in [2.05, 4.69) is 5.32 Å². The Kier molecular flexibility index (Phi) is 4.84. The van der Waals surface area contributed by atoms with Crippen molar-refractivity contribution in [2.24, 2.45) is 5.92 Å². The smallest absolute Gasteiger partial charge is 0.304 e. The van der Waals surface area contributed by atoms with Gasteiger partial charge in [0.25, 0.3) is 10.0 Å². The van der Waals surface area contributed by atoms with E-state index in [9.17, 15) is 18.5 Å². The van der Waals surface area contributed by atoms with Crippen molar-refractivity contribution in [3.63, 3.8) is 0 Å². The summed E-state index contributed by atoms with van der Waals surface area (Å²) in [5.41, 5.74) is -0.175. The third-order valence-electron chi connectivity index (χ3n) is 3.44. The Morgan fingerprint density at radius 3 is 2.86 bits per heavy atom. The minimum atomic E-state index is -3.64. The van der Waals surface area contributed by atoms with Crippen LogP contribution < -0.4 is 5.32 Å². The summed E-state index contributed by atoms with van der Waals surface area (Å²) < 4.78 is 26.7. The molecule has 21 heavy (non-hydrogen) atoms. The maximum absolute atomic E-state index is 12.6. The van der Waals surface area contributed by atoms with E-state index >= 15 is 0 Å². The maximum atomic E-state index is 12.6. The molecule has 2 rings (SSSR count). The number of hydrogen-bond donors (Lipinski definition) is 1. The number of sulfonamides is 1. The third-order valence-corrected chi connectivity index (χ3v) is 6.83. The van der Waals surface area contributed by atoms with Crippen molar-refractivity contribution in [2.75, 3.05) is 25.0 Å². The van der Waals surface area contributed by atoms with Gasteiger partial charge >= 0.3 is 5.69 Å². The van der Waals surface area contributed by atoms with Crippen LogP contribution in [0.25, 0.3) is 0 Å². The third kappa shape index (κ3) is 3.35. The van der Waals surface area contributed by atoms with E-state index in [1.54, 1.807) is 0 Å². The lowest BCUT2D eigenvalue weighted by Crippen LogP contribution is -2.38. The van der Waals surface area contributed by atoms with Crippen molar-refractivity contribution in [1.82, 2.24) is 4.31 Å². The standard InChI is InChI=1S/C12H19N3O4S2/c1-3-13-12-10(15(16)17)7-11(20-12)21(18,19)14-6-4-5-9(2)8-14/h7,9,13H,3-6,8H2,1-2H3. The van der Waals surface area contributed by atoms with Crippen LogP contribution in [0.15, 0.2) is 10.3 Å². The minimum Gasteiger partial charge on any atom is -0.372 e. The van der Waals surface area contributed by atoms with Gasteiger partial charge in [0, 0.05) is 25.7 Å². The second kappa shape index (κ2) is 6.29. The first-order valence-corrected chi connectivity index (χ1v) is 9.14. The van der Waals surface area contributed by atoms with Crippen molar-refractivity contribution in [3.8, 4) is 0 Å². The Hall–Kier alpha value is -1.19. The molecule has 1 saturated heterocycles. The number of nitrogens with one attached hydrogen (secondary N) is 1. The highest BCUT2D eigenvalue weighted by Gasteiger charge is 2.33. The largest absolute Gasteiger partial charge is 0.372 e. The summed E-state index contributed by atoms with van der Waals surface area (Å²) in [4.78, 5) is 10.5. The number of hydrogen-bond acceptors (Lipinski definition) is 6. The van der Waals surface area contributed by atoms with Crippen LogP contribution in [0.1, 0.15) is 26.7 Å². The molecule has 1 aliphatic heterocycles. The van der Waals surface area contributed by atoms with E-state index in [0.29, 0.717) is 30.6 Å². The van der Waals surface area contributed by atoms with E-state index < -0.39 is 14.9 Å². The molecule has 1 aromatic heterocycles. The Labute approximate surface area is 128 Å². The summed E-state index contributed by atoms with van der Waals surface area (Å²) in [6, 6.07) is 1.16. The van der Waals surface area contributed by atoms with Gasteiger partial charge in [-0.2, -0.15) is 4.31 Å². The average molecular weight is 333 g/mol. The summed E-state index contributed by atoms with van der Waals surface area (Å²) in [5, 5.41) is 14.2. The van der Waals surface area contributed by atoms with Gasteiger partial charge in [0.15, 0.2) is 5.00 Å². The molecule has 0 amide bonds. The van der Waals surface area contributed by atoms with Crippen LogP contribution in [0.5, 0.6) is 0 Å². The normalized spacial score (nSPS) is 20.4. The molecule has 0 bridgehead atoms.